The lowest BCUT2D eigenvalue weighted by Crippen LogP contribution is -1.92. The Kier molecular flexibility index (Phi) is 2.73. The SMILES string of the molecule is Nc1cc(COc2ccc(O)cc2)sn1. The summed E-state index contributed by atoms with van der Waals surface area (Å²) in [4.78, 5) is 0.973. The summed E-state index contributed by atoms with van der Waals surface area (Å²) < 4.78 is 9.41. The molecule has 2 aromatic rings. The number of phenols is 1. The minimum Gasteiger partial charge on any atom is -0.508 e. The first-order chi connectivity index (χ1) is 7.24. The third-order valence-electron chi connectivity index (χ3n) is 1.79. The Morgan fingerprint density at radius 1 is 1.33 bits per heavy atom. The van der Waals surface area contributed by atoms with Gasteiger partial charge in [0.05, 0.1) is 4.88 Å². The third kappa shape index (κ3) is 2.60. The van der Waals surface area contributed by atoms with Crippen molar-refractivity contribution in [2.45, 2.75) is 6.61 Å². The lowest BCUT2D eigenvalue weighted by atomic mass is 10.3. The quantitative estimate of drug-likeness (QED) is 0.833. The molecule has 3 N–H and O–H groups in total. The molecule has 1 aromatic heterocycles. The highest BCUT2D eigenvalue weighted by Crippen LogP contribution is 2.19. The molecule has 78 valence electrons. The molecule has 1 aromatic carbocycles. The molecule has 0 aliphatic carbocycles. The van der Waals surface area contributed by atoms with Gasteiger partial charge in [-0.05, 0) is 41.9 Å². The number of ether oxygens (including phenoxy) is 1. The van der Waals surface area contributed by atoms with Crippen LogP contribution in [-0.2, 0) is 6.61 Å². The number of anilines is 1. The van der Waals surface area contributed by atoms with E-state index in [0.29, 0.717) is 18.2 Å². The van der Waals surface area contributed by atoms with Crippen molar-refractivity contribution in [2.75, 3.05) is 5.73 Å². The first-order valence-corrected chi connectivity index (χ1v) is 5.14. The zero-order valence-electron chi connectivity index (χ0n) is 7.88. The summed E-state index contributed by atoms with van der Waals surface area (Å²) in [6.45, 7) is 0.444. The third-order valence-corrected chi connectivity index (χ3v) is 2.57. The van der Waals surface area contributed by atoms with Gasteiger partial charge in [0.15, 0.2) is 0 Å². The molecule has 0 spiro atoms. The number of nitrogen functional groups attached to an aromatic ring is 1. The fourth-order valence-electron chi connectivity index (χ4n) is 1.09. The van der Waals surface area contributed by atoms with E-state index in [1.54, 1.807) is 30.3 Å². The summed E-state index contributed by atoms with van der Waals surface area (Å²) in [6, 6.07) is 8.36. The molecule has 2 rings (SSSR count). The highest BCUT2D eigenvalue weighted by Gasteiger charge is 2.00. The number of benzene rings is 1. The maximum absolute atomic E-state index is 9.07. The molecular formula is C10H10N2O2S. The van der Waals surface area contributed by atoms with E-state index in [9.17, 15) is 0 Å². The second kappa shape index (κ2) is 4.18. The molecule has 1 heterocycles. The van der Waals surface area contributed by atoms with E-state index in [1.165, 1.54) is 11.5 Å². The minimum absolute atomic E-state index is 0.226. The highest BCUT2D eigenvalue weighted by atomic mass is 32.1. The van der Waals surface area contributed by atoms with Gasteiger partial charge in [0.2, 0.25) is 0 Å². The molecule has 0 amide bonds. The number of aromatic nitrogens is 1. The Hall–Kier alpha value is -1.75. The van der Waals surface area contributed by atoms with Crippen molar-refractivity contribution >= 4 is 17.4 Å². The smallest absolute Gasteiger partial charge is 0.137 e. The molecular weight excluding hydrogens is 212 g/mol. The number of rotatable bonds is 3. The Balaban J connectivity index is 1.96. The number of hydrogen-bond donors (Lipinski definition) is 2. The molecule has 0 aliphatic heterocycles. The molecule has 0 saturated carbocycles. The summed E-state index contributed by atoms with van der Waals surface area (Å²) in [6.07, 6.45) is 0. The van der Waals surface area contributed by atoms with Crippen LogP contribution >= 0.6 is 11.5 Å². The Morgan fingerprint density at radius 2 is 2.07 bits per heavy atom. The Bertz CT molecular complexity index is 439. The zero-order valence-corrected chi connectivity index (χ0v) is 8.70. The van der Waals surface area contributed by atoms with Crippen molar-refractivity contribution in [3.05, 3.63) is 35.2 Å². The molecule has 0 atom stereocenters. The first-order valence-electron chi connectivity index (χ1n) is 4.37. The van der Waals surface area contributed by atoms with E-state index in [4.69, 9.17) is 15.6 Å². The Morgan fingerprint density at radius 3 is 2.67 bits per heavy atom. The fraction of sp³-hybridized carbons (Fsp3) is 0.100. The molecule has 0 bridgehead atoms. The van der Waals surface area contributed by atoms with E-state index < -0.39 is 0 Å². The maximum Gasteiger partial charge on any atom is 0.137 e. The molecule has 0 saturated heterocycles. The van der Waals surface area contributed by atoms with E-state index >= 15 is 0 Å². The van der Waals surface area contributed by atoms with Crippen LogP contribution in [0.1, 0.15) is 4.88 Å². The average molecular weight is 222 g/mol. The van der Waals surface area contributed by atoms with E-state index in [2.05, 4.69) is 4.37 Å². The van der Waals surface area contributed by atoms with E-state index in [0.717, 1.165) is 4.88 Å². The van der Waals surface area contributed by atoms with Gasteiger partial charge in [0, 0.05) is 0 Å². The number of hydrogen-bond acceptors (Lipinski definition) is 5. The lowest BCUT2D eigenvalue weighted by molar-refractivity contribution is 0.309. The average Bonchev–Trinajstić information content (AvgIpc) is 2.64. The van der Waals surface area contributed by atoms with Gasteiger partial charge in [-0.1, -0.05) is 0 Å². The van der Waals surface area contributed by atoms with E-state index in [1.807, 2.05) is 0 Å². The van der Waals surface area contributed by atoms with Crippen LogP contribution in [0.4, 0.5) is 5.82 Å². The van der Waals surface area contributed by atoms with Crippen molar-refractivity contribution in [3.8, 4) is 11.5 Å². The maximum atomic E-state index is 9.07. The predicted molar refractivity (Wildman–Crippen MR) is 59.0 cm³/mol. The van der Waals surface area contributed by atoms with Crippen LogP contribution in [0, 0.1) is 0 Å². The highest BCUT2D eigenvalue weighted by molar-refractivity contribution is 7.06. The number of phenolic OH excluding ortho intramolecular Hbond substituents is 1. The molecule has 0 aliphatic rings. The molecule has 0 unspecified atom stereocenters. The summed E-state index contributed by atoms with van der Waals surface area (Å²) in [5, 5.41) is 9.07. The Labute approximate surface area is 91.1 Å². The van der Waals surface area contributed by atoms with Gasteiger partial charge < -0.3 is 15.6 Å². The standard InChI is InChI=1S/C10H10N2O2S/c11-10-5-9(15-12-10)6-14-8-3-1-7(13)2-4-8/h1-5,13H,6H2,(H2,11,12). The van der Waals surface area contributed by atoms with Crippen LogP contribution < -0.4 is 10.5 Å². The van der Waals surface area contributed by atoms with Crippen LogP contribution in [0.3, 0.4) is 0 Å². The summed E-state index contributed by atoms with van der Waals surface area (Å²) >= 11 is 1.32. The van der Waals surface area contributed by atoms with Gasteiger partial charge in [-0.25, -0.2) is 0 Å². The van der Waals surface area contributed by atoms with Crippen molar-refractivity contribution in [1.82, 2.24) is 4.37 Å². The van der Waals surface area contributed by atoms with Crippen molar-refractivity contribution < 1.29 is 9.84 Å². The zero-order chi connectivity index (χ0) is 10.7. The number of nitrogens with two attached hydrogens (primary N) is 1. The monoisotopic (exact) mass is 222 g/mol. The summed E-state index contributed by atoms with van der Waals surface area (Å²) in [5.74, 6) is 1.45. The van der Waals surface area contributed by atoms with Crippen LogP contribution in [0.5, 0.6) is 11.5 Å². The topological polar surface area (TPSA) is 68.4 Å². The molecule has 0 radical (unpaired) electrons. The van der Waals surface area contributed by atoms with Crippen LogP contribution in [0.2, 0.25) is 0 Å². The van der Waals surface area contributed by atoms with Gasteiger partial charge in [-0.2, -0.15) is 4.37 Å². The van der Waals surface area contributed by atoms with Gasteiger partial charge in [-0.3, -0.25) is 0 Å². The van der Waals surface area contributed by atoms with Crippen molar-refractivity contribution in [2.24, 2.45) is 0 Å². The second-order valence-electron chi connectivity index (χ2n) is 3.00. The van der Waals surface area contributed by atoms with Crippen LogP contribution in [-0.4, -0.2) is 9.48 Å². The van der Waals surface area contributed by atoms with Crippen molar-refractivity contribution in [3.63, 3.8) is 0 Å². The second-order valence-corrected chi connectivity index (χ2v) is 3.89. The summed E-state index contributed by atoms with van der Waals surface area (Å²) in [7, 11) is 0. The van der Waals surface area contributed by atoms with Crippen molar-refractivity contribution in [1.29, 1.82) is 0 Å². The molecule has 0 fully saturated rings. The van der Waals surface area contributed by atoms with Crippen LogP contribution in [0.25, 0.3) is 0 Å². The fourth-order valence-corrected chi connectivity index (χ4v) is 1.65. The minimum atomic E-state index is 0.226. The first kappa shape index (κ1) is 9.79. The normalized spacial score (nSPS) is 10.1. The van der Waals surface area contributed by atoms with E-state index in [-0.39, 0.29) is 5.75 Å². The lowest BCUT2D eigenvalue weighted by Gasteiger charge is -2.03. The number of aromatic hydroxyl groups is 1. The predicted octanol–water partition coefficient (Wildman–Crippen LogP) is 2.01. The van der Waals surface area contributed by atoms with Gasteiger partial charge in [0.1, 0.15) is 23.9 Å². The molecule has 4 nitrogen and oxygen atoms in total. The number of nitrogens with zero attached hydrogens (tertiary/aromatic N) is 1. The van der Waals surface area contributed by atoms with Gasteiger partial charge in [-0.15, -0.1) is 0 Å². The largest absolute Gasteiger partial charge is 0.508 e. The van der Waals surface area contributed by atoms with Crippen LogP contribution in [0.15, 0.2) is 30.3 Å². The molecule has 15 heavy (non-hydrogen) atoms. The molecule has 5 heteroatoms. The summed E-state index contributed by atoms with van der Waals surface area (Å²) in [5.41, 5.74) is 5.48. The van der Waals surface area contributed by atoms with Gasteiger partial charge >= 0.3 is 0 Å². The van der Waals surface area contributed by atoms with Gasteiger partial charge in [0.25, 0.3) is 0 Å².